The SMILES string of the molecule is N#C[C@@]1(c2ccc3c(N)ncnn23)O[C@H](COC(=O)C2CCCCC2)C(O)[C@@H]1O. The Morgan fingerprint density at radius 2 is 2.14 bits per heavy atom. The number of hydrogen-bond acceptors (Lipinski definition) is 9. The summed E-state index contributed by atoms with van der Waals surface area (Å²) >= 11 is 0. The molecule has 10 nitrogen and oxygen atoms in total. The predicted octanol–water partition coefficient (Wildman–Crippen LogP) is 0.274. The molecule has 154 valence electrons. The molecule has 2 fully saturated rings. The van der Waals surface area contributed by atoms with Gasteiger partial charge in [-0.25, -0.2) is 9.50 Å². The predicted molar refractivity (Wildman–Crippen MR) is 99.1 cm³/mol. The minimum atomic E-state index is -1.89. The highest BCUT2D eigenvalue weighted by Gasteiger charge is 2.57. The molecular formula is C19H23N5O5. The van der Waals surface area contributed by atoms with E-state index in [9.17, 15) is 20.3 Å². The third-order valence-electron chi connectivity index (χ3n) is 5.81. The van der Waals surface area contributed by atoms with E-state index in [1.54, 1.807) is 6.07 Å². The Balaban J connectivity index is 1.55. The highest BCUT2D eigenvalue weighted by molar-refractivity contribution is 5.72. The smallest absolute Gasteiger partial charge is 0.309 e. The van der Waals surface area contributed by atoms with Crippen molar-refractivity contribution in [2.45, 2.75) is 56.0 Å². The molecule has 2 aromatic rings. The van der Waals surface area contributed by atoms with Crippen molar-refractivity contribution in [3.05, 3.63) is 24.2 Å². The first kappa shape index (κ1) is 19.6. The molecule has 3 heterocycles. The molecule has 29 heavy (non-hydrogen) atoms. The average Bonchev–Trinajstić information content (AvgIpc) is 3.29. The number of aliphatic hydroxyl groups excluding tert-OH is 2. The van der Waals surface area contributed by atoms with Crippen molar-refractivity contribution < 1.29 is 24.5 Å². The van der Waals surface area contributed by atoms with Crippen LogP contribution in [0.1, 0.15) is 37.8 Å². The third kappa shape index (κ3) is 3.21. The van der Waals surface area contributed by atoms with Crippen LogP contribution in [0.3, 0.4) is 0 Å². The van der Waals surface area contributed by atoms with E-state index < -0.39 is 23.9 Å². The zero-order valence-electron chi connectivity index (χ0n) is 15.8. The fourth-order valence-corrected chi connectivity index (χ4v) is 4.17. The number of nitrogen functional groups attached to an aromatic ring is 1. The van der Waals surface area contributed by atoms with Gasteiger partial charge in [-0.15, -0.1) is 0 Å². The van der Waals surface area contributed by atoms with E-state index in [1.165, 1.54) is 16.9 Å². The zero-order valence-corrected chi connectivity index (χ0v) is 15.8. The van der Waals surface area contributed by atoms with Gasteiger partial charge in [-0.1, -0.05) is 19.3 Å². The van der Waals surface area contributed by atoms with Crippen LogP contribution in [0.4, 0.5) is 5.82 Å². The number of nitrogens with two attached hydrogens (primary N) is 1. The monoisotopic (exact) mass is 401 g/mol. The number of aliphatic hydroxyl groups is 2. The Morgan fingerprint density at radius 3 is 2.86 bits per heavy atom. The molecule has 4 atom stereocenters. The lowest BCUT2D eigenvalue weighted by molar-refractivity contribution is -0.156. The van der Waals surface area contributed by atoms with Crippen molar-refractivity contribution in [1.29, 1.82) is 5.26 Å². The van der Waals surface area contributed by atoms with E-state index >= 15 is 0 Å². The van der Waals surface area contributed by atoms with Crippen molar-refractivity contribution in [2.75, 3.05) is 12.3 Å². The molecule has 2 aliphatic rings. The summed E-state index contributed by atoms with van der Waals surface area (Å²) < 4.78 is 12.5. The van der Waals surface area contributed by atoms with Gasteiger partial charge in [-0.2, -0.15) is 10.4 Å². The number of esters is 1. The van der Waals surface area contributed by atoms with Crippen LogP contribution in [0.5, 0.6) is 0 Å². The summed E-state index contributed by atoms with van der Waals surface area (Å²) in [5, 5.41) is 35.1. The maximum atomic E-state index is 12.3. The van der Waals surface area contributed by atoms with Crippen LogP contribution in [0, 0.1) is 17.2 Å². The van der Waals surface area contributed by atoms with Crippen molar-refractivity contribution in [3.8, 4) is 6.07 Å². The van der Waals surface area contributed by atoms with E-state index in [2.05, 4.69) is 10.1 Å². The number of carbonyl (C=O) groups excluding carboxylic acids is 1. The molecule has 1 saturated heterocycles. The first-order valence-corrected chi connectivity index (χ1v) is 9.68. The number of anilines is 1. The number of rotatable bonds is 4. The highest BCUT2D eigenvalue weighted by Crippen LogP contribution is 2.40. The highest BCUT2D eigenvalue weighted by atomic mass is 16.6. The lowest BCUT2D eigenvalue weighted by atomic mass is 9.89. The van der Waals surface area contributed by atoms with Crippen LogP contribution in [0.25, 0.3) is 5.52 Å². The van der Waals surface area contributed by atoms with Gasteiger partial charge < -0.3 is 25.4 Å². The molecule has 1 saturated carbocycles. The van der Waals surface area contributed by atoms with Crippen LogP contribution in [0.2, 0.25) is 0 Å². The van der Waals surface area contributed by atoms with Gasteiger partial charge in [-0.05, 0) is 25.0 Å². The van der Waals surface area contributed by atoms with Crippen molar-refractivity contribution in [1.82, 2.24) is 14.6 Å². The zero-order chi connectivity index (χ0) is 20.6. The first-order chi connectivity index (χ1) is 14.0. The van der Waals surface area contributed by atoms with E-state index in [0.717, 1.165) is 32.1 Å². The van der Waals surface area contributed by atoms with Crippen molar-refractivity contribution >= 4 is 17.3 Å². The molecule has 2 aromatic heterocycles. The standard InChI is InChI=1S/C19H23N5O5/c20-9-19(14-7-6-12-17(21)22-10-23-24(12)14)16(26)15(25)13(29-19)8-28-18(27)11-4-2-1-3-5-11/h6-7,10-11,13,15-16,25-26H,1-5,8H2,(H2,21,22,23)/t13-,15?,16+,19+/m1/s1. The maximum Gasteiger partial charge on any atom is 0.309 e. The molecule has 0 aromatic carbocycles. The number of nitriles is 1. The number of fused-ring (bicyclic) bond motifs is 1. The maximum absolute atomic E-state index is 12.3. The second-order valence-electron chi connectivity index (χ2n) is 7.57. The summed E-state index contributed by atoms with van der Waals surface area (Å²) in [6.07, 6.45) is 1.85. The van der Waals surface area contributed by atoms with Crippen LogP contribution >= 0.6 is 0 Å². The topological polar surface area (TPSA) is 156 Å². The van der Waals surface area contributed by atoms with Gasteiger partial charge in [0.1, 0.15) is 42.8 Å². The lowest BCUT2D eigenvalue weighted by Crippen LogP contribution is -2.41. The largest absolute Gasteiger partial charge is 0.463 e. The summed E-state index contributed by atoms with van der Waals surface area (Å²) in [4.78, 5) is 16.2. The van der Waals surface area contributed by atoms with Crippen molar-refractivity contribution in [3.63, 3.8) is 0 Å². The Hall–Kier alpha value is -2.74. The normalized spacial score (nSPS) is 30.3. The Kier molecular flexibility index (Phi) is 5.12. The number of nitrogens with zero attached hydrogens (tertiary/aromatic N) is 4. The average molecular weight is 401 g/mol. The molecule has 4 rings (SSSR count). The van der Waals surface area contributed by atoms with Gasteiger partial charge in [0.25, 0.3) is 0 Å². The van der Waals surface area contributed by atoms with Gasteiger partial charge in [0.2, 0.25) is 5.60 Å². The summed E-state index contributed by atoms with van der Waals surface area (Å²) in [6, 6.07) is 5.10. The molecule has 0 spiro atoms. The Labute approximate surface area is 166 Å². The van der Waals surface area contributed by atoms with E-state index in [0.29, 0.717) is 5.52 Å². The Bertz CT molecular complexity index is 950. The first-order valence-electron chi connectivity index (χ1n) is 9.68. The van der Waals surface area contributed by atoms with Gasteiger partial charge in [0, 0.05) is 0 Å². The molecule has 1 unspecified atom stereocenters. The van der Waals surface area contributed by atoms with Crippen LogP contribution in [-0.4, -0.2) is 55.7 Å². The number of carbonyl (C=O) groups is 1. The van der Waals surface area contributed by atoms with E-state index in [4.69, 9.17) is 15.2 Å². The number of aromatic nitrogens is 3. The summed E-state index contributed by atoms with van der Waals surface area (Å²) in [5.41, 5.74) is 4.58. The van der Waals surface area contributed by atoms with Gasteiger partial charge in [-0.3, -0.25) is 4.79 Å². The van der Waals surface area contributed by atoms with Gasteiger partial charge in [0.05, 0.1) is 11.6 Å². The fourth-order valence-electron chi connectivity index (χ4n) is 4.17. The molecule has 0 radical (unpaired) electrons. The van der Waals surface area contributed by atoms with Crippen molar-refractivity contribution in [2.24, 2.45) is 5.92 Å². The summed E-state index contributed by atoms with van der Waals surface area (Å²) in [6.45, 7) is -0.253. The second kappa shape index (κ2) is 7.59. The van der Waals surface area contributed by atoms with E-state index in [1.807, 2.05) is 6.07 Å². The number of hydrogen-bond donors (Lipinski definition) is 3. The minimum absolute atomic E-state index is 0.151. The molecule has 0 bridgehead atoms. The summed E-state index contributed by atoms with van der Waals surface area (Å²) in [5.74, 6) is -0.286. The molecular weight excluding hydrogens is 378 g/mol. The van der Waals surface area contributed by atoms with Crippen LogP contribution in [-0.2, 0) is 19.9 Å². The van der Waals surface area contributed by atoms with Gasteiger partial charge >= 0.3 is 5.97 Å². The van der Waals surface area contributed by atoms with Crippen LogP contribution in [0.15, 0.2) is 18.5 Å². The minimum Gasteiger partial charge on any atom is -0.463 e. The van der Waals surface area contributed by atoms with Gasteiger partial charge in [0.15, 0.2) is 5.82 Å². The molecule has 10 heteroatoms. The quantitative estimate of drug-likeness (QED) is 0.612. The number of ether oxygens (including phenoxy) is 2. The lowest BCUT2D eigenvalue weighted by Gasteiger charge is -2.24. The fraction of sp³-hybridized carbons (Fsp3) is 0.579. The van der Waals surface area contributed by atoms with Crippen LogP contribution < -0.4 is 5.73 Å². The molecule has 1 aliphatic heterocycles. The Morgan fingerprint density at radius 1 is 1.38 bits per heavy atom. The van der Waals surface area contributed by atoms with E-state index in [-0.39, 0.29) is 30.0 Å². The third-order valence-corrected chi connectivity index (χ3v) is 5.81. The molecule has 0 amide bonds. The molecule has 1 aliphatic carbocycles. The summed E-state index contributed by atoms with van der Waals surface area (Å²) in [7, 11) is 0. The second-order valence-corrected chi connectivity index (χ2v) is 7.57. The molecule has 4 N–H and O–H groups in total.